The molecule has 0 atom stereocenters. The molecule has 0 aliphatic rings. The van der Waals surface area contributed by atoms with Gasteiger partial charge in [-0.25, -0.2) is 4.79 Å². The SMILES string of the molecule is CCNC(=O)c1cc(C(=O)OC)c(NCc2ccco2)cc1Cl. The summed E-state index contributed by atoms with van der Waals surface area (Å²) in [6.07, 6.45) is 1.56. The van der Waals surface area contributed by atoms with Crippen LogP contribution in [0.3, 0.4) is 0 Å². The van der Waals surface area contributed by atoms with Crippen LogP contribution in [-0.2, 0) is 11.3 Å². The second kappa shape index (κ2) is 7.69. The van der Waals surface area contributed by atoms with Gasteiger partial charge in [0.1, 0.15) is 5.76 Å². The van der Waals surface area contributed by atoms with Crippen LogP contribution in [0.5, 0.6) is 0 Å². The molecule has 23 heavy (non-hydrogen) atoms. The van der Waals surface area contributed by atoms with E-state index < -0.39 is 5.97 Å². The number of carbonyl (C=O) groups excluding carboxylic acids is 2. The van der Waals surface area contributed by atoms with Crippen molar-refractivity contribution in [2.75, 3.05) is 19.0 Å². The summed E-state index contributed by atoms with van der Waals surface area (Å²) < 4.78 is 10.0. The quantitative estimate of drug-likeness (QED) is 0.792. The Kier molecular flexibility index (Phi) is 5.65. The summed E-state index contributed by atoms with van der Waals surface area (Å²) >= 11 is 6.16. The molecule has 6 nitrogen and oxygen atoms in total. The summed E-state index contributed by atoms with van der Waals surface area (Å²) in [6, 6.07) is 6.52. The summed E-state index contributed by atoms with van der Waals surface area (Å²) in [5.74, 6) is -0.209. The van der Waals surface area contributed by atoms with Crippen LogP contribution in [0, 0.1) is 0 Å². The molecule has 2 rings (SSSR count). The molecular weight excluding hydrogens is 320 g/mol. The topological polar surface area (TPSA) is 80.6 Å². The lowest BCUT2D eigenvalue weighted by atomic mass is 10.1. The molecule has 0 fully saturated rings. The Morgan fingerprint density at radius 1 is 1.30 bits per heavy atom. The Morgan fingerprint density at radius 2 is 2.09 bits per heavy atom. The van der Waals surface area contributed by atoms with Crippen molar-refractivity contribution >= 4 is 29.2 Å². The van der Waals surface area contributed by atoms with Gasteiger partial charge in [0.05, 0.1) is 41.8 Å². The number of rotatable bonds is 6. The Morgan fingerprint density at radius 3 is 2.70 bits per heavy atom. The number of benzene rings is 1. The number of furan rings is 1. The van der Waals surface area contributed by atoms with Crippen molar-refractivity contribution in [2.24, 2.45) is 0 Å². The van der Waals surface area contributed by atoms with E-state index in [9.17, 15) is 9.59 Å². The predicted octanol–water partition coefficient (Wildman–Crippen LogP) is 3.08. The van der Waals surface area contributed by atoms with E-state index in [1.54, 1.807) is 25.3 Å². The van der Waals surface area contributed by atoms with E-state index in [4.69, 9.17) is 20.8 Å². The van der Waals surface area contributed by atoms with E-state index in [1.807, 2.05) is 0 Å². The van der Waals surface area contributed by atoms with Gasteiger partial charge in [0.2, 0.25) is 0 Å². The largest absolute Gasteiger partial charge is 0.467 e. The van der Waals surface area contributed by atoms with Crippen LogP contribution in [0.1, 0.15) is 33.4 Å². The van der Waals surface area contributed by atoms with Gasteiger partial charge in [0.15, 0.2) is 0 Å². The van der Waals surface area contributed by atoms with Crippen LogP contribution in [0.25, 0.3) is 0 Å². The molecule has 1 heterocycles. The average molecular weight is 337 g/mol. The smallest absolute Gasteiger partial charge is 0.339 e. The minimum Gasteiger partial charge on any atom is -0.467 e. The highest BCUT2D eigenvalue weighted by molar-refractivity contribution is 6.34. The van der Waals surface area contributed by atoms with Crippen LogP contribution in [-0.4, -0.2) is 25.5 Å². The lowest BCUT2D eigenvalue weighted by Crippen LogP contribution is -2.23. The number of nitrogens with one attached hydrogen (secondary N) is 2. The van der Waals surface area contributed by atoms with Crippen molar-refractivity contribution in [1.82, 2.24) is 5.32 Å². The summed E-state index contributed by atoms with van der Waals surface area (Å²) in [6.45, 7) is 2.63. The molecule has 0 saturated heterocycles. The highest BCUT2D eigenvalue weighted by Gasteiger charge is 2.19. The molecular formula is C16H17ClN2O4. The highest BCUT2D eigenvalue weighted by Crippen LogP contribution is 2.27. The summed E-state index contributed by atoms with van der Waals surface area (Å²) in [5, 5.41) is 5.95. The van der Waals surface area contributed by atoms with E-state index in [1.165, 1.54) is 19.2 Å². The van der Waals surface area contributed by atoms with Crippen molar-refractivity contribution in [3.05, 3.63) is 52.4 Å². The number of anilines is 1. The molecule has 1 amide bonds. The van der Waals surface area contributed by atoms with Crippen molar-refractivity contribution in [2.45, 2.75) is 13.5 Å². The molecule has 1 aromatic carbocycles. The number of methoxy groups -OCH3 is 1. The molecule has 0 unspecified atom stereocenters. The van der Waals surface area contributed by atoms with Crippen LogP contribution >= 0.6 is 11.6 Å². The van der Waals surface area contributed by atoms with Gasteiger partial charge in [-0.05, 0) is 31.2 Å². The van der Waals surface area contributed by atoms with Gasteiger partial charge in [0, 0.05) is 6.54 Å². The van der Waals surface area contributed by atoms with E-state index in [0.29, 0.717) is 24.5 Å². The van der Waals surface area contributed by atoms with Gasteiger partial charge in [-0.3, -0.25) is 4.79 Å². The van der Waals surface area contributed by atoms with Crippen molar-refractivity contribution < 1.29 is 18.7 Å². The molecule has 0 spiro atoms. The normalized spacial score (nSPS) is 10.2. The number of amides is 1. The lowest BCUT2D eigenvalue weighted by Gasteiger charge is -2.13. The van der Waals surface area contributed by atoms with E-state index in [0.717, 1.165) is 0 Å². The second-order valence-electron chi connectivity index (χ2n) is 4.66. The zero-order valence-electron chi connectivity index (χ0n) is 12.8. The van der Waals surface area contributed by atoms with Gasteiger partial charge in [-0.15, -0.1) is 0 Å². The molecule has 0 aliphatic heterocycles. The van der Waals surface area contributed by atoms with E-state index in [-0.39, 0.29) is 22.1 Å². The third-order valence-electron chi connectivity index (χ3n) is 3.13. The van der Waals surface area contributed by atoms with Crippen LogP contribution in [0.15, 0.2) is 34.9 Å². The first-order valence-electron chi connectivity index (χ1n) is 7.03. The summed E-state index contributed by atoms with van der Waals surface area (Å²) in [5.41, 5.74) is 0.911. The first kappa shape index (κ1) is 16.9. The zero-order valence-corrected chi connectivity index (χ0v) is 13.6. The van der Waals surface area contributed by atoms with E-state index >= 15 is 0 Å². The number of halogens is 1. The first-order chi connectivity index (χ1) is 11.1. The Bertz CT molecular complexity index is 698. The van der Waals surface area contributed by atoms with Gasteiger partial charge < -0.3 is 19.8 Å². The number of esters is 1. The zero-order chi connectivity index (χ0) is 16.8. The number of hydrogen-bond donors (Lipinski definition) is 2. The Hall–Kier alpha value is -2.47. The maximum absolute atomic E-state index is 12.0. The van der Waals surface area contributed by atoms with Gasteiger partial charge >= 0.3 is 5.97 Å². The third kappa shape index (κ3) is 4.04. The van der Waals surface area contributed by atoms with Crippen molar-refractivity contribution in [3.8, 4) is 0 Å². The molecule has 122 valence electrons. The first-order valence-corrected chi connectivity index (χ1v) is 7.41. The fourth-order valence-corrected chi connectivity index (χ4v) is 2.27. The van der Waals surface area contributed by atoms with Gasteiger partial charge in [-0.1, -0.05) is 11.6 Å². The molecule has 1 aromatic heterocycles. The molecule has 0 radical (unpaired) electrons. The van der Waals surface area contributed by atoms with Crippen molar-refractivity contribution in [1.29, 1.82) is 0 Å². The monoisotopic (exact) mass is 336 g/mol. The minimum atomic E-state index is -0.561. The minimum absolute atomic E-state index is 0.220. The fourth-order valence-electron chi connectivity index (χ4n) is 2.02. The summed E-state index contributed by atoms with van der Waals surface area (Å²) in [7, 11) is 1.28. The molecule has 2 aromatic rings. The van der Waals surface area contributed by atoms with Crippen LogP contribution in [0.4, 0.5) is 5.69 Å². The standard InChI is InChI=1S/C16H17ClN2O4/c1-3-18-15(20)11-7-12(16(21)22-2)14(8-13(11)17)19-9-10-5-4-6-23-10/h4-8,19H,3,9H2,1-2H3,(H,18,20). The predicted molar refractivity (Wildman–Crippen MR) is 86.8 cm³/mol. The Labute approximate surface area is 138 Å². The lowest BCUT2D eigenvalue weighted by molar-refractivity contribution is 0.0602. The third-order valence-corrected chi connectivity index (χ3v) is 3.44. The fraction of sp³-hybridized carbons (Fsp3) is 0.250. The Balaban J connectivity index is 2.34. The van der Waals surface area contributed by atoms with Crippen LogP contribution < -0.4 is 10.6 Å². The second-order valence-corrected chi connectivity index (χ2v) is 5.07. The average Bonchev–Trinajstić information content (AvgIpc) is 3.05. The molecule has 0 saturated carbocycles. The maximum atomic E-state index is 12.0. The molecule has 2 N–H and O–H groups in total. The van der Waals surface area contributed by atoms with E-state index in [2.05, 4.69) is 10.6 Å². The molecule has 0 bridgehead atoms. The van der Waals surface area contributed by atoms with Crippen molar-refractivity contribution in [3.63, 3.8) is 0 Å². The number of ether oxygens (including phenoxy) is 1. The molecule has 7 heteroatoms. The van der Waals surface area contributed by atoms with Gasteiger partial charge in [0.25, 0.3) is 5.91 Å². The maximum Gasteiger partial charge on any atom is 0.339 e. The molecule has 0 aliphatic carbocycles. The number of hydrogen-bond acceptors (Lipinski definition) is 5. The number of carbonyl (C=O) groups is 2. The van der Waals surface area contributed by atoms with Crippen LogP contribution in [0.2, 0.25) is 5.02 Å². The summed E-state index contributed by atoms with van der Waals surface area (Å²) in [4.78, 5) is 24.0. The highest BCUT2D eigenvalue weighted by atomic mass is 35.5. The van der Waals surface area contributed by atoms with Gasteiger partial charge in [-0.2, -0.15) is 0 Å².